The summed E-state index contributed by atoms with van der Waals surface area (Å²) in [5.74, 6) is 0.132. The van der Waals surface area contributed by atoms with Crippen molar-refractivity contribution in [1.29, 1.82) is 0 Å². The maximum absolute atomic E-state index is 13.4. The smallest absolute Gasteiger partial charge is 0.274 e. The minimum Gasteiger partial charge on any atom is -0.337 e. The van der Waals surface area contributed by atoms with Crippen LogP contribution in [0.5, 0.6) is 0 Å². The van der Waals surface area contributed by atoms with Crippen molar-refractivity contribution < 1.29 is 4.79 Å². The quantitative estimate of drug-likeness (QED) is 0.670. The summed E-state index contributed by atoms with van der Waals surface area (Å²) in [6.07, 6.45) is 9.52. The number of carbonyl (C=O) groups excluding carboxylic acids is 1. The standard InChI is InChI=1S/C23H32N4OS/c1-3-11-27-21-9-8-19(25(2)16-18-10-14-29-17-18)15-20(21)22(24-27)23(28)26-12-6-4-5-7-13-26/h3,10,14,17,19H,1,4-9,11-13,15-16H2,2H3. The van der Waals surface area contributed by atoms with Gasteiger partial charge in [-0.3, -0.25) is 14.4 Å². The number of allylic oxidation sites excluding steroid dienone is 1. The van der Waals surface area contributed by atoms with E-state index in [1.807, 2.05) is 15.7 Å². The molecule has 29 heavy (non-hydrogen) atoms. The van der Waals surface area contributed by atoms with Crippen LogP contribution in [0, 0.1) is 0 Å². The molecule has 1 aliphatic heterocycles. The number of hydrogen-bond donors (Lipinski definition) is 0. The van der Waals surface area contributed by atoms with Crippen LogP contribution in [0.4, 0.5) is 0 Å². The summed E-state index contributed by atoms with van der Waals surface area (Å²) in [4.78, 5) is 17.9. The molecular formula is C23H32N4OS. The SMILES string of the molecule is C=CCn1nc(C(=O)N2CCCCCC2)c2c1CCC(N(C)Cc1ccsc1)C2. The van der Waals surface area contributed by atoms with Gasteiger partial charge >= 0.3 is 0 Å². The molecule has 2 aliphatic rings. The molecule has 0 N–H and O–H groups in total. The fourth-order valence-electron chi connectivity index (χ4n) is 4.71. The molecular weight excluding hydrogens is 380 g/mol. The third kappa shape index (κ3) is 4.48. The van der Waals surface area contributed by atoms with Crippen molar-refractivity contribution in [3.05, 3.63) is 52.0 Å². The number of rotatable bonds is 6. The van der Waals surface area contributed by atoms with Gasteiger partial charge in [0.15, 0.2) is 5.69 Å². The highest BCUT2D eigenvalue weighted by molar-refractivity contribution is 7.07. The highest BCUT2D eigenvalue weighted by atomic mass is 32.1. The summed E-state index contributed by atoms with van der Waals surface area (Å²) in [7, 11) is 2.21. The molecule has 5 nitrogen and oxygen atoms in total. The van der Waals surface area contributed by atoms with E-state index < -0.39 is 0 Å². The predicted octanol–water partition coefficient (Wildman–Crippen LogP) is 4.14. The molecule has 0 saturated carbocycles. The van der Waals surface area contributed by atoms with E-state index >= 15 is 0 Å². The molecule has 1 amide bonds. The van der Waals surface area contributed by atoms with Gasteiger partial charge in [-0.15, -0.1) is 6.58 Å². The van der Waals surface area contributed by atoms with E-state index in [9.17, 15) is 4.79 Å². The third-order valence-electron chi connectivity index (χ3n) is 6.35. The van der Waals surface area contributed by atoms with E-state index in [0.29, 0.717) is 18.3 Å². The largest absolute Gasteiger partial charge is 0.337 e. The minimum absolute atomic E-state index is 0.132. The second-order valence-corrected chi connectivity index (χ2v) is 9.17. The van der Waals surface area contributed by atoms with E-state index in [-0.39, 0.29) is 5.91 Å². The topological polar surface area (TPSA) is 41.4 Å². The normalized spacial score (nSPS) is 19.8. The summed E-state index contributed by atoms with van der Waals surface area (Å²) in [6.45, 7) is 7.24. The maximum Gasteiger partial charge on any atom is 0.274 e. The van der Waals surface area contributed by atoms with Gasteiger partial charge in [0, 0.05) is 36.9 Å². The van der Waals surface area contributed by atoms with Gasteiger partial charge in [0.1, 0.15) is 0 Å². The van der Waals surface area contributed by atoms with Crippen LogP contribution in [-0.2, 0) is 25.9 Å². The number of aromatic nitrogens is 2. The van der Waals surface area contributed by atoms with Crippen LogP contribution in [0.25, 0.3) is 0 Å². The molecule has 1 fully saturated rings. The lowest BCUT2D eigenvalue weighted by Gasteiger charge is -2.32. The molecule has 2 aromatic rings. The van der Waals surface area contributed by atoms with Crippen LogP contribution >= 0.6 is 11.3 Å². The van der Waals surface area contributed by atoms with Crippen LogP contribution in [0.15, 0.2) is 29.5 Å². The summed E-state index contributed by atoms with van der Waals surface area (Å²) in [5, 5.41) is 9.16. The van der Waals surface area contributed by atoms with Crippen molar-refractivity contribution in [3.63, 3.8) is 0 Å². The second kappa shape index (κ2) is 9.26. The number of likely N-dealkylation sites (N-methyl/N-ethyl adjacent to an activating group) is 1. The number of amides is 1. The predicted molar refractivity (Wildman–Crippen MR) is 118 cm³/mol. The first-order chi connectivity index (χ1) is 14.2. The molecule has 2 aromatic heterocycles. The molecule has 1 saturated heterocycles. The lowest BCUT2D eigenvalue weighted by Crippen LogP contribution is -2.37. The summed E-state index contributed by atoms with van der Waals surface area (Å²) in [5.41, 5.74) is 4.47. The minimum atomic E-state index is 0.132. The van der Waals surface area contributed by atoms with E-state index in [1.54, 1.807) is 11.3 Å². The Morgan fingerprint density at radius 2 is 2.14 bits per heavy atom. The zero-order chi connectivity index (χ0) is 20.2. The number of likely N-dealkylation sites (tertiary alicyclic amines) is 1. The molecule has 0 spiro atoms. The van der Waals surface area contributed by atoms with Crippen LogP contribution in [-0.4, -0.2) is 51.7 Å². The van der Waals surface area contributed by atoms with E-state index in [2.05, 4.69) is 35.4 Å². The van der Waals surface area contributed by atoms with Crippen molar-refractivity contribution in [1.82, 2.24) is 19.6 Å². The molecule has 0 radical (unpaired) electrons. The number of carbonyl (C=O) groups is 1. The Labute approximate surface area is 178 Å². The molecule has 3 heterocycles. The maximum atomic E-state index is 13.4. The molecule has 1 unspecified atom stereocenters. The lowest BCUT2D eigenvalue weighted by atomic mass is 9.90. The Balaban J connectivity index is 1.57. The number of nitrogens with zero attached hydrogens (tertiary/aromatic N) is 4. The van der Waals surface area contributed by atoms with Crippen molar-refractivity contribution in [2.75, 3.05) is 20.1 Å². The Morgan fingerprint density at radius 1 is 1.34 bits per heavy atom. The first-order valence-corrected chi connectivity index (χ1v) is 11.8. The number of hydrogen-bond acceptors (Lipinski definition) is 4. The van der Waals surface area contributed by atoms with Crippen molar-refractivity contribution in [2.45, 2.75) is 64.1 Å². The lowest BCUT2D eigenvalue weighted by molar-refractivity contribution is 0.0753. The van der Waals surface area contributed by atoms with Crippen LogP contribution in [0.3, 0.4) is 0 Å². The van der Waals surface area contributed by atoms with E-state index in [0.717, 1.165) is 51.7 Å². The van der Waals surface area contributed by atoms with Gasteiger partial charge in [-0.1, -0.05) is 18.9 Å². The Bertz CT molecular complexity index is 833. The highest BCUT2D eigenvalue weighted by Crippen LogP contribution is 2.29. The average molecular weight is 413 g/mol. The number of thiophene rings is 1. The van der Waals surface area contributed by atoms with E-state index in [1.165, 1.54) is 29.7 Å². The van der Waals surface area contributed by atoms with Crippen LogP contribution < -0.4 is 0 Å². The van der Waals surface area contributed by atoms with Crippen molar-refractivity contribution in [2.24, 2.45) is 0 Å². The highest BCUT2D eigenvalue weighted by Gasteiger charge is 2.32. The molecule has 156 valence electrons. The summed E-state index contributed by atoms with van der Waals surface area (Å²) in [6, 6.07) is 2.64. The summed E-state index contributed by atoms with van der Waals surface area (Å²) < 4.78 is 2.02. The van der Waals surface area contributed by atoms with Gasteiger partial charge in [0.25, 0.3) is 5.91 Å². The Hall–Kier alpha value is -1.92. The third-order valence-corrected chi connectivity index (χ3v) is 7.09. The first-order valence-electron chi connectivity index (χ1n) is 10.9. The molecule has 4 rings (SSSR count). The monoisotopic (exact) mass is 412 g/mol. The molecule has 6 heteroatoms. The zero-order valence-electron chi connectivity index (χ0n) is 17.5. The van der Waals surface area contributed by atoms with Crippen LogP contribution in [0.1, 0.15) is 59.4 Å². The molecule has 1 aliphatic carbocycles. The van der Waals surface area contributed by atoms with Crippen molar-refractivity contribution >= 4 is 17.2 Å². The fourth-order valence-corrected chi connectivity index (χ4v) is 5.37. The van der Waals surface area contributed by atoms with Gasteiger partial charge in [0.2, 0.25) is 0 Å². The van der Waals surface area contributed by atoms with Crippen molar-refractivity contribution in [3.8, 4) is 0 Å². The summed E-state index contributed by atoms with van der Waals surface area (Å²) >= 11 is 1.75. The van der Waals surface area contributed by atoms with Gasteiger partial charge < -0.3 is 4.90 Å². The van der Waals surface area contributed by atoms with Crippen LogP contribution in [0.2, 0.25) is 0 Å². The molecule has 1 atom stereocenters. The Morgan fingerprint density at radius 3 is 2.83 bits per heavy atom. The van der Waals surface area contributed by atoms with E-state index in [4.69, 9.17) is 5.10 Å². The van der Waals surface area contributed by atoms with Gasteiger partial charge in [-0.25, -0.2) is 0 Å². The van der Waals surface area contributed by atoms with Gasteiger partial charge in [-0.2, -0.15) is 16.4 Å². The number of fused-ring (bicyclic) bond motifs is 1. The Kier molecular flexibility index (Phi) is 6.50. The average Bonchev–Trinajstić information content (AvgIpc) is 3.27. The molecule has 0 bridgehead atoms. The van der Waals surface area contributed by atoms with Gasteiger partial charge in [-0.05, 0) is 61.5 Å². The first kappa shape index (κ1) is 20.4. The molecule has 0 aromatic carbocycles. The van der Waals surface area contributed by atoms with Gasteiger partial charge in [0.05, 0.1) is 6.54 Å². The zero-order valence-corrected chi connectivity index (χ0v) is 18.3. The second-order valence-electron chi connectivity index (χ2n) is 8.39. The fraction of sp³-hybridized carbons (Fsp3) is 0.565.